The Balaban J connectivity index is 1.77. The molecule has 3 rings (SSSR count). The number of hydrogen-bond donors (Lipinski definition) is 1. The van der Waals surface area contributed by atoms with Crippen molar-refractivity contribution >= 4 is 5.91 Å². The first-order valence-electron chi connectivity index (χ1n) is 7.72. The van der Waals surface area contributed by atoms with Crippen LogP contribution in [0.5, 0.6) is 11.5 Å². The van der Waals surface area contributed by atoms with Gasteiger partial charge in [0, 0.05) is 11.6 Å². The molecule has 1 unspecified atom stereocenters. The molecule has 1 aromatic heterocycles. The fourth-order valence-corrected chi connectivity index (χ4v) is 2.33. The van der Waals surface area contributed by atoms with E-state index in [2.05, 4.69) is 10.3 Å². The van der Waals surface area contributed by atoms with Crippen LogP contribution in [0.25, 0.3) is 11.5 Å². The van der Waals surface area contributed by atoms with Crippen molar-refractivity contribution in [3.05, 3.63) is 29.7 Å². The number of benzene rings is 1. The van der Waals surface area contributed by atoms with Crippen LogP contribution in [0.3, 0.4) is 0 Å². The SMILES string of the molecule is CCC(C)NC(=O)Cc1nc(-c2ccc3c(c2)OCO3)oc1C. The number of nitrogens with zero attached hydrogens (tertiary/aromatic N) is 1. The number of amides is 1. The molecule has 0 saturated carbocycles. The fraction of sp³-hybridized carbons (Fsp3) is 0.412. The molecule has 1 amide bonds. The van der Waals surface area contributed by atoms with Crippen molar-refractivity contribution in [3.63, 3.8) is 0 Å². The maximum absolute atomic E-state index is 12.0. The topological polar surface area (TPSA) is 73.6 Å². The molecule has 0 spiro atoms. The molecule has 1 aliphatic heterocycles. The lowest BCUT2D eigenvalue weighted by Gasteiger charge is -2.10. The Hall–Kier alpha value is -2.50. The second kappa shape index (κ2) is 6.32. The van der Waals surface area contributed by atoms with Crippen molar-refractivity contribution in [3.8, 4) is 23.0 Å². The highest BCUT2D eigenvalue weighted by atomic mass is 16.7. The van der Waals surface area contributed by atoms with Crippen LogP contribution in [0.2, 0.25) is 0 Å². The van der Waals surface area contributed by atoms with Gasteiger partial charge in [-0.3, -0.25) is 4.79 Å². The maximum atomic E-state index is 12.0. The summed E-state index contributed by atoms with van der Waals surface area (Å²) in [6.07, 6.45) is 1.11. The molecule has 6 heteroatoms. The summed E-state index contributed by atoms with van der Waals surface area (Å²) in [5.41, 5.74) is 1.45. The Morgan fingerprint density at radius 3 is 2.91 bits per heavy atom. The number of aryl methyl sites for hydroxylation is 1. The minimum Gasteiger partial charge on any atom is -0.454 e. The number of nitrogens with one attached hydrogen (secondary N) is 1. The zero-order valence-electron chi connectivity index (χ0n) is 13.5. The van der Waals surface area contributed by atoms with Crippen LogP contribution in [-0.2, 0) is 11.2 Å². The Bertz CT molecular complexity index is 723. The summed E-state index contributed by atoms with van der Waals surface area (Å²) in [7, 11) is 0. The molecular formula is C17H20N2O4. The predicted octanol–water partition coefficient (Wildman–Crippen LogP) is 2.84. The lowest BCUT2D eigenvalue weighted by molar-refractivity contribution is -0.121. The lowest BCUT2D eigenvalue weighted by atomic mass is 10.2. The van der Waals surface area contributed by atoms with Gasteiger partial charge in [-0.05, 0) is 38.5 Å². The molecule has 2 aromatic rings. The molecule has 0 bridgehead atoms. The Kier molecular flexibility index (Phi) is 4.23. The van der Waals surface area contributed by atoms with Crippen molar-refractivity contribution in [1.29, 1.82) is 0 Å². The highest BCUT2D eigenvalue weighted by Crippen LogP contribution is 2.36. The monoisotopic (exact) mass is 316 g/mol. The first-order chi connectivity index (χ1) is 11.1. The van der Waals surface area contributed by atoms with Crippen LogP contribution < -0.4 is 14.8 Å². The van der Waals surface area contributed by atoms with Crippen LogP contribution in [0, 0.1) is 6.92 Å². The Morgan fingerprint density at radius 1 is 1.35 bits per heavy atom. The van der Waals surface area contributed by atoms with E-state index in [0.29, 0.717) is 28.8 Å². The average molecular weight is 316 g/mol. The third kappa shape index (κ3) is 3.31. The Labute approximate surface area is 134 Å². The molecule has 1 atom stereocenters. The summed E-state index contributed by atoms with van der Waals surface area (Å²) in [5, 5.41) is 2.93. The van der Waals surface area contributed by atoms with Gasteiger partial charge in [-0.1, -0.05) is 6.92 Å². The number of aromatic nitrogens is 1. The molecule has 0 radical (unpaired) electrons. The van der Waals surface area contributed by atoms with Crippen LogP contribution in [-0.4, -0.2) is 23.7 Å². The normalized spacial score (nSPS) is 13.9. The number of carbonyl (C=O) groups is 1. The molecule has 0 fully saturated rings. The average Bonchev–Trinajstić information content (AvgIpc) is 3.13. The maximum Gasteiger partial charge on any atom is 0.231 e. The van der Waals surface area contributed by atoms with E-state index in [1.54, 1.807) is 0 Å². The van der Waals surface area contributed by atoms with Crippen molar-refractivity contribution in [2.45, 2.75) is 39.7 Å². The summed E-state index contributed by atoms with van der Waals surface area (Å²) >= 11 is 0. The van der Waals surface area contributed by atoms with Gasteiger partial charge in [-0.2, -0.15) is 0 Å². The van der Waals surface area contributed by atoms with Gasteiger partial charge in [-0.25, -0.2) is 4.98 Å². The van der Waals surface area contributed by atoms with E-state index in [0.717, 1.165) is 12.0 Å². The van der Waals surface area contributed by atoms with Gasteiger partial charge in [0.15, 0.2) is 11.5 Å². The van der Waals surface area contributed by atoms with E-state index < -0.39 is 0 Å². The van der Waals surface area contributed by atoms with Crippen molar-refractivity contribution in [2.75, 3.05) is 6.79 Å². The molecule has 1 aromatic carbocycles. The van der Waals surface area contributed by atoms with Gasteiger partial charge >= 0.3 is 0 Å². The van der Waals surface area contributed by atoms with Gasteiger partial charge in [0.1, 0.15) is 5.76 Å². The van der Waals surface area contributed by atoms with Gasteiger partial charge < -0.3 is 19.2 Å². The predicted molar refractivity (Wildman–Crippen MR) is 84.4 cm³/mol. The molecule has 1 N–H and O–H groups in total. The fourth-order valence-electron chi connectivity index (χ4n) is 2.33. The number of ether oxygens (including phenoxy) is 2. The number of oxazole rings is 1. The number of rotatable bonds is 5. The second-order valence-electron chi connectivity index (χ2n) is 5.64. The summed E-state index contributed by atoms with van der Waals surface area (Å²) in [5.74, 6) is 2.47. The third-order valence-electron chi connectivity index (χ3n) is 3.86. The Morgan fingerprint density at radius 2 is 2.13 bits per heavy atom. The van der Waals surface area contributed by atoms with Crippen LogP contribution in [0.4, 0.5) is 0 Å². The summed E-state index contributed by atoms with van der Waals surface area (Å²) < 4.78 is 16.4. The first kappa shape index (κ1) is 15.4. The first-order valence-corrected chi connectivity index (χ1v) is 7.72. The van der Waals surface area contributed by atoms with Gasteiger partial charge in [-0.15, -0.1) is 0 Å². The van der Waals surface area contributed by atoms with Crippen LogP contribution >= 0.6 is 0 Å². The van der Waals surface area contributed by atoms with Crippen molar-refractivity contribution in [2.24, 2.45) is 0 Å². The quantitative estimate of drug-likeness (QED) is 0.918. The molecule has 0 saturated heterocycles. The lowest BCUT2D eigenvalue weighted by Crippen LogP contribution is -2.33. The third-order valence-corrected chi connectivity index (χ3v) is 3.86. The number of carbonyl (C=O) groups excluding carboxylic acids is 1. The molecule has 122 valence electrons. The highest BCUT2D eigenvalue weighted by molar-refractivity contribution is 5.78. The van der Waals surface area contributed by atoms with E-state index in [1.165, 1.54) is 0 Å². The smallest absolute Gasteiger partial charge is 0.231 e. The van der Waals surface area contributed by atoms with Crippen LogP contribution in [0.1, 0.15) is 31.7 Å². The summed E-state index contributed by atoms with van der Waals surface area (Å²) in [4.78, 5) is 16.5. The van der Waals surface area contributed by atoms with Crippen LogP contribution in [0.15, 0.2) is 22.6 Å². The van der Waals surface area contributed by atoms with Gasteiger partial charge in [0.25, 0.3) is 0 Å². The van der Waals surface area contributed by atoms with E-state index in [1.807, 2.05) is 39.0 Å². The van der Waals surface area contributed by atoms with E-state index >= 15 is 0 Å². The molecular weight excluding hydrogens is 296 g/mol. The molecule has 2 heterocycles. The van der Waals surface area contributed by atoms with Crippen molar-refractivity contribution in [1.82, 2.24) is 10.3 Å². The molecule has 6 nitrogen and oxygen atoms in total. The van der Waals surface area contributed by atoms with Gasteiger partial charge in [0.2, 0.25) is 18.6 Å². The zero-order chi connectivity index (χ0) is 16.4. The molecule has 1 aliphatic rings. The highest BCUT2D eigenvalue weighted by Gasteiger charge is 2.19. The standard InChI is InChI=1S/C17H20N2O4/c1-4-10(2)18-16(20)8-13-11(3)23-17(19-13)12-5-6-14-15(7-12)22-9-21-14/h5-7,10H,4,8-9H2,1-3H3,(H,18,20). The van der Waals surface area contributed by atoms with Crippen molar-refractivity contribution < 1.29 is 18.7 Å². The van der Waals surface area contributed by atoms with Gasteiger partial charge in [0.05, 0.1) is 12.1 Å². The minimum atomic E-state index is -0.0482. The van der Waals surface area contributed by atoms with E-state index in [-0.39, 0.29) is 25.2 Å². The number of fused-ring (bicyclic) bond motifs is 1. The summed E-state index contributed by atoms with van der Waals surface area (Å²) in [6.45, 7) is 6.05. The largest absolute Gasteiger partial charge is 0.454 e. The van der Waals surface area contributed by atoms with E-state index in [4.69, 9.17) is 13.9 Å². The summed E-state index contributed by atoms with van der Waals surface area (Å²) in [6, 6.07) is 5.67. The molecule has 23 heavy (non-hydrogen) atoms. The molecule has 0 aliphatic carbocycles. The van der Waals surface area contributed by atoms with E-state index in [9.17, 15) is 4.79 Å². The zero-order valence-corrected chi connectivity index (χ0v) is 13.5. The number of hydrogen-bond acceptors (Lipinski definition) is 5. The second-order valence-corrected chi connectivity index (χ2v) is 5.64. The minimum absolute atomic E-state index is 0.0482.